The van der Waals surface area contributed by atoms with Crippen molar-refractivity contribution in [2.24, 2.45) is 0 Å². The molecule has 0 radical (unpaired) electrons. The molecule has 4 rings (SSSR count). The summed E-state index contributed by atoms with van der Waals surface area (Å²) in [7, 11) is 0. The van der Waals surface area contributed by atoms with Gasteiger partial charge in [-0.1, -0.05) is 11.6 Å². The van der Waals surface area contributed by atoms with E-state index in [2.05, 4.69) is 20.9 Å². The van der Waals surface area contributed by atoms with Crippen LogP contribution in [0.2, 0.25) is 5.02 Å². The Labute approximate surface area is 203 Å². The van der Waals surface area contributed by atoms with Gasteiger partial charge >= 0.3 is 0 Å². The molecule has 0 bridgehead atoms. The lowest BCUT2D eigenvalue weighted by atomic mass is 10.2. The van der Waals surface area contributed by atoms with Gasteiger partial charge in [0.1, 0.15) is 11.8 Å². The largest absolute Gasteiger partial charge is 0.477 e. The smallest absolute Gasteiger partial charge is 0.268 e. The molecule has 35 heavy (non-hydrogen) atoms. The van der Waals surface area contributed by atoms with Gasteiger partial charge in [0.25, 0.3) is 17.7 Å². The molecule has 13 heteroatoms. The number of carbonyl (C=O) groups is 3. The molecule has 2 aliphatic heterocycles. The van der Waals surface area contributed by atoms with Crippen LogP contribution in [-0.4, -0.2) is 65.3 Å². The van der Waals surface area contributed by atoms with Crippen molar-refractivity contribution in [3.05, 3.63) is 47.2 Å². The number of anilines is 2. The molecular weight excluding hydrogens is 486 g/mol. The van der Waals surface area contributed by atoms with Crippen LogP contribution < -0.4 is 20.7 Å². The van der Waals surface area contributed by atoms with E-state index in [0.717, 1.165) is 4.90 Å². The number of pyridine rings is 1. The number of nitrogens with zero attached hydrogens (tertiary/aromatic N) is 3. The molecule has 10 nitrogen and oxygen atoms in total. The summed E-state index contributed by atoms with van der Waals surface area (Å²) in [4.78, 5) is 42.4. The predicted molar refractivity (Wildman–Crippen MR) is 120 cm³/mol. The highest BCUT2D eigenvalue weighted by Gasteiger charge is 2.47. The van der Waals surface area contributed by atoms with E-state index in [1.165, 1.54) is 18.5 Å². The number of benzene rings is 1. The first-order valence-electron chi connectivity index (χ1n) is 10.5. The van der Waals surface area contributed by atoms with Crippen LogP contribution in [-0.2, 0) is 9.59 Å². The standard InChI is InChI=1S/C22H19ClF2N6O4/c23-12-1-2-17-15(5-12)28-9-18(35-17)21(34)30-16-8-27-4-3-14(16)20(33)29-10-19(32)31-11-22(24,25)6-13(31)7-26/h1-5,8,13,18,28H,6,9-11H2,(H,29,33)(H,30,34)/t13-,18?/m0/s1. The predicted octanol–water partition coefficient (Wildman–Crippen LogP) is 2.04. The van der Waals surface area contributed by atoms with Crippen molar-refractivity contribution < 1.29 is 27.9 Å². The van der Waals surface area contributed by atoms with E-state index in [9.17, 15) is 23.2 Å². The van der Waals surface area contributed by atoms with Gasteiger partial charge < -0.3 is 25.6 Å². The maximum absolute atomic E-state index is 13.6. The van der Waals surface area contributed by atoms with Crippen LogP contribution in [0.5, 0.6) is 5.75 Å². The van der Waals surface area contributed by atoms with Crippen LogP contribution in [0, 0.1) is 11.3 Å². The van der Waals surface area contributed by atoms with Gasteiger partial charge in [-0.25, -0.2) is 8.78 Å². The number of hydrogen-bond acceptors (Lipinski definition) is 7. The molecule has 1 saturated heterocycles. The molecule has 1 aromatic heterocycles. The van der Waals surface area contributed by atoms with Gasteiger partial charge in [-0.05, 0) is 24.3 Å². The first-order chi connectivity index (χ1) is 16.7. The topological polar surface area (TPSA) is 136 Å². The molecule has 0 aliphatic carbocycles. The summed E-state index contributed by atoms with van der Waals surface area (Å²) in [5.41, 5.74) is 0.707. The molecule has 2 aromatic rings. The van der Waals surface area contributed by atoms with Crippen LogP contribution in [0.25, 0.3) is 0 Å². The average molecular weight is 505 g/mol. The number of ether oxygens (including phenoxy) is 1. The van der Waals surface area contributed by atoms with Crippen LogP contribution in [0.4, 0.5) is 20.2 Å². The lowest BCUT2D eigenvalue weighted by Gasteiger charge is -2.26. The molecule has 3 amide bonds. The summed E-state index contributed by atoms with van der Waals surface area (Å²) in [6, 6.07) is 6.64. The van der Waals surface area contributed by atoms with E-state index in [1.54, 1.807) is 24.3 Å². The Hall–Kier alpha value is -3.98. The second-order valence-corrected chi connectivity index (χ2v) is 8.38. The molecule has 2 atom stereocenters. The summed E-state index contributed by atoms with van der Waals surface area (Å²) in [5, 5.41) is 17.5. The van der Waals surface area contributed by atoms with Gasteiger partial charge in [-0.3, -0.25) is 19.4 Å². The quantitative estimate of drug-likeness (QED) is 0.566. The third-order valence-electron chi connectivity index (χ3n) is 5.44. The first-order valence-corrected chi connectivity index (χ1v) is 10.8. The van der Waals surface area contributed by atoms with E-state index in [0.29, 0.717) is 16.5 Å². The van der Waals surface area contributed by atoms with Crippen molar-refractivity contribution in [3.63, 3.8) is 0 Å². The average Bonchev–Trinajstić information content (AvgIpc) is 3.17. The number of fused-ring (bicyclic) bond motifs is 1. The van der Waals surface area contributed by atoms with Gasteiger partial charge in [-0.2, -0.15) is 5.26 Å². The number of rotatable bonds is 5. The fourth-order valence-corrected chi connectivity index (χ4v) is 3.91. The molecule has 1 aromatic carbocycles. The van der Waals surface area contributed by atoms with E-state index < -0.39 is 55.3 Å². The van der Waals surface area contributed by atoms with Crippen LogP contribution in [0.3, 0.4) is 0 Å². The third-order valence-corrected chi connectivity index (χ3v) is 5.68. The minimum atomic E-state index is -3.16. The van der Waals surface area contributed by atoms with Crippen LogP contribution in [0.15, 0.2) is 36.7 Å². The molecule has 182 valence electrons. The zero-order valence-corrected chi connectivity index (χ0v) is 18.8. The SMILES string of the molecule is N#C[C@@H]1CC(F)(F)CN1C(=O)CNC(=O)c1ccncc1NC(=O)C1CNc2cc(Cl)ccc2O1. The minimum absolute atomic E-state index is 0.000635. The van der Waals surface area contributed by atoms with Gasteiger partial charge in [0.2, 0.25) is 5.91 Å². The minimum Gasteiger partial charge on any atom is -0.477 e. The number of aromatic nitrogens is 1. The van der Waals surface area contributed by atoms with Crippen molar-refractivity contribution in [2.45, 2.75) is 24.5 Å². The molecule has 3 N–H and O–H groups in total. The highest BCUT2D eigenvalue weighted by molar-refractivity contribution is 6.31. The number of nitriles is 1. The summed E-state index contributed by atoms with van der Waals surface area (Å²) in [5.74, 6) is -4.83. The Kier molecular flexibility index (Phi) is 6.70. The van der Waals surface area contributed by atoms with Crippen molar-refractivity contribution in [1.82, 2.24) is 15.2 Å². The Morgan fingerprint density at radius 1 is 1.34 bits per heavy atom. The number of likely N-dealkylation sites (tertiary alicyclic amines) is 1. The zero-order chi connectivity index (χ0) is 25.2. The molecule has 3 heterocycles. The van der Waals surface area contributed by atoms with Crippen molar-refractivity contribution in [2.75, 3.05) is 30.3 Å². The molecule has 2 aliphatic rings. The van der Waals surface area contributed by atoms with Gasteiger partial charge in [0.15, 0.2) is 6.10 Å². The fourth-order valence-electron chi connectivity index (χ4n) is 3.74. The van der Waals surface area contributed by atoms with E-state index in [-0.39, 0.29) is 17.8 Å². The van der Waals surface area contributed by atoms with Crippen LogP contribution in [0.1, 0.15) is 16.8 Å². The highest BCUT2D eigenvalue weighted by atomic mass is 35.5. The van der Waals surface area contributed by atoms with Gasteiger partial charge in [-0.15, -0.1) is 0 Å². The summed E-state index contributed by atoms with van der Waals surface area (Å²) >= 11 is 5.95. The number of hydrogen-bond donors (Lipinski definition) is 3. The molecule has 0 saturated carbocycles. The number of amides is 3. The van der Waals surface area contributed by atoms with Gasteiger partial charge in [0.05, 0.1) is 48.8 Å². The van der Waals surface area contributed by atoms with E-state index >= 15 is 0 Å². The first kappa shape index (κ1) is 24.2. The van der Waals surface area contributed by atoms with Gasteiger partial charge in [0, 0.05) is 17.6 Å². The molecule has 1 unspecified atom stereocenters. The summed E-state index contributed by atoms with van der Waals surface area (Å²) in [6.07, 6.45) is 0.906. The monoisotopic (exact) mass is 504 g/mol. The second kappa shape index (κ2) is 9.71. The highest BCUT2D eigenvalue weighted by Crippen LogP contribution is 2.32. The van der Waals surface area contributed by atoms with E-state index in [4.69, 9.17) is 21.6 Å². The zero-order valence-electron chi connectivity index (χ0n) is 18.1. The Morgan fingerprint density at radius 2 is 2.14 bits per heavy atom. The summed E-state index contributed by atoms with van der Waals surface area (Å²) < 4.78 is 32.9. The lowest BCUT2D eigenvalue weighted by molar-refractivity contribution is -0.131. The molecule has 1 fully saturated rings. The van der Waals surface area contributed by atoms with Crippen molar-refractivity contribution >= 4 is 40.7 Å². The fraction of sp³-hybridized carbons (Fsp3) is 0.318. The molecular formula is C22H19ClF2N6O4. The number of halogens is 3. The summed E-state index contributed by atoms with van der Waals surface area (Å²) in [6.45, 7) is -1.34. The maximum atomic E-state index is 13.6. The normalized spacial score (nSPS) is 20.0. The maximum Gasteiger partial charge on any atom is 0.268 e. The lowest BCUT2D eigenvalue weighted by Crippen LogP contribution is -2.43. The number of alkyl halides is 2. The van der Waals surface area contributed by atoms with E-state index in [1.807, 2.05) is 0 Å². The Bertz CT molecular complexity index is 1220. The second-order valence-electron chi connectivity index (χ2n) is 7.95. The van der Waals surface area contributed by atoms with Crippen molar-refractivity contribution in [1.29, 1.82) is 5.26 Å². The van der Waals surface area contributed by atoms with Crippen LogP contribution >= 0.6 is 11.6 Å². The number of carbonyl (C=O) groups excluding carboxylic acids is 3. The third kappa shape index (κ3) is 5.41. The molecule has 0 spiro atoms. The Morgan fingerprint density at radius 3 is 2.91 bits per heavy atom. The van der Waals surface area contributed by atoms with Crippen molar-refractivity contribution in [3.8, 4) is 11.8 Å². The Balaban J connectivity index is 1.38. The number of nitrogens with one attached hydrogen (secondary N) is 3.